The van der Waals surface area contributed by atoms with Gasteiger partial charge in [0.15, 0.2) is 0 Å². The molecule has 80 valence electrons. The average molecular weight is 232 g/mol. The van der Waals surface area contributed by atoms with E-state index in [0.717, 1.165) is 5.69 Å². The van der Waals surface area contributed by atoms with Crippen LogP contribution >= 0.6 is 11.3 Å². The van der Waals surface area contributed by atoms with Gasteiger partial charge in [-0.25, -0.2) is 4.39 Å². The first kappa shape index (κ1) is 10.7. The molecule has 0 unspecified atom stereocenters. The second-order valence-corrected chi connectivity index (χ2v) is 4.27. The summed E-state index contributed by atoms with van der Waals surface area (Å²) in [6.45, 7) is 0.689. The van der Waals surface area contributed by atoms with Crippen molar-refractivity contribution < 1.29 is 4.39 Å². The largest absolute Gasteiger partial charge is 0.380 e. The second-order valence-electron chi connectivity index (χ2n) is 3.24. The normalized spacial score (nSPS) is 9.75. The van der Waals surface area contributed by atoms with Crippen molar-refractivity contribution in [2.45, 2.75) is 6.54 Å². The van der Waals surface area contributed by atoms with Gasteiger partial charge in [0.2, 0.25) is 0 Å². The summed E-state index contributed by atoms with van der Waals surface area (Å²) in [6, 6.07) is 10.3. The lowest BCUT2D eigenvalue weighted by Crippen LogP contribution is -1.98. The van der Waals surface area contributed by atoms with E-state index >= 15 is 0 Å². The van der Waals surface area contributed by atoms with Crippen LogP contribution in [-0.4, -0.2) is 0 Å². The Hall–Kier alpha value is -1.86. The van der Waals surface area contributed by atoms with Crippen molar-refractivity contribution in [3.05, 3.63) is 52.0 Å². The van der Waals surface area contributed by atoms with Gasteiger partial charge in [0.1, 0.15) is 11.9 Å². The molecule has 0 amide bonds. The van der Waals surface area contributed by atoms with Gasteiger partial charge < -0.3 is 5.32 Å². The standard InChI is InChI=1S/C12H9FN2S/c13-12-4-3-10(6-9(12)7-14)15-8-11-2-1-5-16-11/h1-6,15H,8H2. The zero-order valence-corrected chi connectivity index (χ0v) is 9.22. The Kier molecular flexibility index (Phi) is 3.18. The quantitative estimate of drug-likeness (QED) is 0.880. The number of hydrogen-bond acceptors (Lipinski definition) is 3. The molecule has 0 aliphatic carbocycles. The van der Waals surface area contributed by atoms with E-state index in [1.165, 1.54) is 17.0 Å². The molecule has 4 heteroatoms. The van der Waals surface area contributed by atoms with E-state index < -0.39 is 5.82 Å². The lowest BCUT2D eigenvalue weighted by atomic mass is 10.2. The highest BCUT2D eigenvalue weighted by Gasteiger charge is 2.02. The minimum absolute atomic E-state index is 0.0659. The third-order valence-electron chi connectivity index (χ3n) is 2.13. The molecule has 2 rings (SSSR count). The van der Waals surface area contributed by atoms with E-state index in [4.69, 9.17) is 5.26 Å². The maximum absolute atomic E-state index is 13.0. The molecule has 0 aliphatic rings. The lowest BCUT2D eigenvalue weighted by Gasteiger charge is -2.05. The van der Waals surface area contributed by atoms with Crippen molar-refractivity contribution in [3.63, 3.8) is 0 Å². The van der Waals surface area contributed by atoms with Crippen molar-refractivity contribution in [1.29, 1.82) is 5.26 Å². The molecular formula is C12H9FN2S. The molecule has 0 saturated carbocycles. The summed E-state index contributed by atoms with van der Waals surface area (Å²) in [5.41, 5.74) is 0.822. The van der Waals surface area contributed by atoms with Crippen LogP contribution in [0.25, 0.3) is 0 Å². The zero-order valence-electron chi connectivity index (χ0n) is 8.40. The summed E-state index contributed by atoms with van der Waals surface area (Å²) in [5, 5.41) is 13.8. The summed E-state index contributed by atoms with van der Waals surface area (Å²) >= 11 is 1.65. The Bertz CT molecular complexity index is 514. The van der Waals surface area contributed by atoms with E-state index in [2.05, 4.69) is 5.32 Å². The Labute approximate surface area is 97.0 Å². The summed E-state index contributed by atoms with van der Waals surface area (Å²) < 4.78 is 13.0. The summed E-state index contributed by atoms with van der Waals surface area (Å²) in [4.78, 5) is 1.20. The van der Waals surface area contributed by atoms with Crippen LogP contribution in [0.15, 0.2) is 35.7 Å². The van der Waals surface area contributed by atoms with E-state index in [9.17, 15) is 4.39 Å². The van der Waals surface area contributed by atoms with E-state index in [0.29, 0.717) is 6.54 Å². The molecule has 2 aromatic rings. The van der Waals surface area contributed by atoms with Gasteiger partial charge in [-0.2, -0.15) is 5.26 Å². The molecule has 0 bridgehead atoms. The van der Waals surface area contributed by atoms with E-state index in [-0.39, 0.29) is 5.56 Å². The van der Waals surface area contributed by atoms with Crippen LogP contribution in [0.3, 0.4) is 0 Å². The van der Waals surface area contributed by atoms with Crippen molar-refractivity contribution in [1.82, 2.24) is 0 Å². The Morgan fingerprint density at radius 3 is 2.94 bits per heavy atom. The van der Waals surface area contributed by atoms with Crippen LogP contribution in [0.1, 0.15) is 10.4 Å². The molecule has 1 heterocycles. The molecule has 1 aromatic heterocycles. The predicted octanol–water partition coefficient (Wildman–Crippen LogP) is 3.37. The third kappa shape index (κ3) is 2.38. The number of anilines is 1. The van der Waals surface area contributed by atoms with Crippen molar-refractivity contribution in [3.8, 4) is 6.07 Å². The van der Waals surface area contributed by atoms with Crippen molar-refractivity contribution in [2.24, 2.45) is 0 Å². The molecule has 0 fully saturated rings. The highest BCUT2D eigenvalue weighted by atomic mass is 32.1. The fraction of sp³-hybridized carbons (Fsp3) is 0.0833. The van der Waals surface area contributed by atoms with Crippen LogP contribution in [0.4, 0.5) is 10.1 Å². The summed E-state index contributed by atoms with van der Waals surface area (Å²) in [5.74, 6) is -0.482. The first-order valence-corrected chi connectivity index (χ1v) is 5.63. The topological polar surface area (TPSA) is 35.8 Å². The van der Waals surface area contributed by atoms with E-state index in [1.54, 1.807) is 17.4 Å². The average Bonchev–Trinajstić information content (AvgIpc) is 2.81. The van der Waals surface area contributed by atoms with Gasteiger partial charge in [-0.05, 0) is 29.6 Å². The highest BCUT2D eigenvalue weighted by molar-refractivity contribution is 7.09. The van der Waals surface area contributed by atoms with Crippen LogP contribution in [0, 0.1) is 17.1 Å². The summed E-state index contributed by atoms with van der Waals surface area (Å²) in [7, 11) is 0. The monoisotopic (exact) mass is 232 g/mol. The minimum atomic E-state index is -0.482. The molecule has 16 heavy (non-hydrogen) atoms. The van der Waals surface area contributed by atoms with Gasteiger partial charge in [0, 0.05) is 17.1 Å². The van der Waals surface area contributed by atoms with Gasteiger partial charge in [0.05, 0.1) is 5.56 Å². The Morgan fingerprint density at radius 2 is 2.25 bits per heavy atom. The van der Waals surface area contributed by atoms with Crippen molar-refractivity contribution >= 4 is 17.0 Å². The summed E-state index contributed by atoms with van der Waals surface area (Å²) in [6.07, 6.45) is 0. The van der Waals surface area contributed by atoms with Gasteiger partial charge in [-0.1, -0.05) is 6.07 Å². The molecule has 1 N–H and O–H groups in total. The SMILES string of the molecule is N#Cc1cc(NCc2cccs2)ccc1F. The molecule has 0 radical (unpaired) electrons. The minimum Gasteiger partial charge on any atom is -0.380 e. The van der Waals surface area contributed by atoms with Crippen LogP contribution < -0.4 is 5.32 Å². The smallest absolute Gasteiger partial charge is 0.141 e. The lowest BCUT2D eigenvalue weighted by molar-refractivity contribution is 0.624. The fourth-order valence-corrected chi connectivity index (χ4v) is 1.97. The second kappa shape index (κ2) is 4.77. The molecule has 0 spiro atoms. The Balaban J connectivity index is 2.08. The number of nitrogens with zero attached hydrogens (tertiary/aromatic N) is 1. The van der Waals surface area contributed by atoms with Gasteiger partial charge in [-0.3, -0.25) is 0 Å². The maximum atomic E-state index is 13.0. The van der Waals surface area contributed by atoms with Crippen LogP contribution in [-0.2, 0) is 6.54 Å². The third-order valence-corrected chi connectivity index (χ3v) is 3.01. The molecular weight excluding hydrogens is 223 g/mol. The maximum Gasteiger partial charge on any atom is 0.141 e. The Morgan fingerprint density at radius 1 is 1.38 bits per heavy atom. The van der Waals surface area contributed by atoms with Gasteiger partial charge in [-0.15, -0.1) is 11.3 Å². The van der Waals surface area contributed by atoms with Gasteiger partial charge in [0.25, 0.3) is 0 Å². The highest BCUT2D eigenvalue weighted by Crippen LogP contribution is 2.16. The molecule has 0 saturated heterocycles. The molecule has 1 aromatic carbocycles. The van der Waals surface area contributed by atoms with Crippen LogP contribution in [0.2, 0.25) is 0 Å². The number of benzene rings is 1. The number of thiophene rings is 1. The molecule has 2 nitrogen and oxygen atoms in total. The fourth-order valence-electron chi connectivity index (χ4n) is 1.32. The number of halogens is 1. The molecule has 0 aliphatic heterocycles. The first-order valence-electron chi connectivity index (χ1n) is 4.75. The number of nitrogens with one attached hydrogen (secondary N) is 1. The number of nitriles is 1. The van der Waals surface area contributed by atoms with Crippen LogP contribution in [0.5, 0.6) is 0 Å². The zero-order chi connectivity index (χ0) is 11.4. The number of rotatable bonds is 3. The van der Waals surface area contributed by atoms with Gasteiger partial charge >= 0.3 is 0 Å². The van der Waals surface area contributed by atoms with Crippen molar-refractivity contribution in [2.75, 3.05) is 5.32 Å². The first-order chi connectivity index (χ1) is 7.79. The predicted molar refractivity (Wildman–Crippen MR) is 62.8 cm³/mol. The van der Waals surface area contributed by atoms with E-state index in [1.807, 2.05) is 23.6 Å². The molecule has 0 atom stereocenters. The number of hydrogen-bond donors (Lipinski definition) is 1.